The zero-order chi connectivity index (χ0) is 65.2. The molecule has 0 heterocycles. The minimum absolute atomic E-state index is 0.0841. The Morgan fingerprint density at radius 3 is 1.01 bits per heavy atom. The normalized spacial score (nSPS) is 15.0. The molecule has 0 radical (unpaired) electrons. The van der Waals surface area contributed by atoms with Gasteiger partial charge in [0, 0.05) is 25.7 Å². The summed E-state index contributed by atoms with van der Waals surface area (Å²) in [6.07, 6.45) is 45.4. The summed E-state index contributed by atoms with van der Waals surface area (Å²) in [5, 5.41) is 10.6. The molecular formula is C69H130O17P2. The molecule has 0 aromatic carbocycles. The van der Waals surface area contributed by atoms with Crippen molar-refractivity contribution in [3.8, 4) is 0 Å². The van der Waals surface area contributed by atoms with E-state index in [2.05, 4.69) is 72.8 Å². The Kier molecular flexibility index (Phi) is 57.9. The lowest BCUT2D eigenvalue weighted by molar-refractivity contribution is -0.161. The molecule has 0 aromatic heterocycles. The molecular weight excluding hydrogens is 1160 g/mol. The van der Waals surface area contributed by atoms with Crippen molar-refractivity contribution in [1.29, 1.82) is 0 Å². The Balaban J connectivity index is 5.29. The molecule has 19 heteroatoms. The fraction of sp³-hybridized carbons (Fsp3) is 0.884. The van der Waals surface area contributed by atoms with E-state index < -0.39 is 97.5 Å². The fourth-order valence-corrected chi connectivity index (χ4v) is 11.3. The van der Waals surface area contributed by atoms with Gasteiger partial charge in [0.1, 0.15) is 19.3 Å². The van der Waals surface area contributed by atoms with E-state index in [1.807, 2.05) is 0 Å². The van der Waals surface area contributed by atoms with Crippen LogP contribution in [-0.4, -0.2) is 96.7 Å². The number of carbonyl (C=O) groups excluding carboxylic acids is 4. The summed E-state index contributed by atoms with van der Waals surface area (Å²) in [5.74, 6) is 0.0394. The van der Waals surface area contributed by atoms with Gasteiger partial charge in [-0.15, -0.1) is 0 Å². The van der Waals surface area contributed by atoms with Crippen LogP contribution < -0.4 is 0 Å². The van der Waals surface area contributed by atoms with E-state index in [0.29, 0.717) is 31.6 Å². The second-order valence-electron chi connectivity index (χ2n) is 25.2. The first kappa shape index (κ1) is 85.5. The molecule has 0 aliphatic rings. The van der Waals surface area contributed by atoms with Crippen LogP contribution in [0.4, 0.5) is 0 Å². The molecule has 3 N–H and O–H groups in total. The van der Waals surface area contributed by atoms with Gasteiger partial charge in [-0.2, -0.15) is 0 Å². The lowest BCUT2D eigenvalue weighted by Gasteiger charge is -2.21. The van der Waals surface area contributed by atoms with E-state index in [-0.39, 0.29) is 25.7 Å². The van der Waals surface area contributed by atoms with Gasteiger partial charge in [0.2, 0.25) is 0 Å². The number of rotatable bonds is 65. The van der Waals surface area contributed by atoms with Gasteiger partial charge in [0.05, 0.1) is 26.4 Å². The number of hydrogen-bond acceptors (Lipinski definition) is 15. The Hall–Kier alpha value is -2.46. The molecule has 0 rings (SSSR count). The smallest absolute Gasteiger partial charge is 0.462 e. The predicted octanol–water partition coefficient (Wildman–Crippen LogP) is 19.0. The molecule has 0 aromatic rings. The van der Waals surface area contributed by atoms with Crippen molar-refractivity contribution in [2.75, 3.05) is 39.6 Å². The molecule has 0 spiro atoms. The Bertz CT molecular complexity index is 1830. The van der Waals surface area contributed by atoms with Crippen molar-refractivity contribution in [3.05, 3.63) is 24.3 Å². The van der Waals surface area contributed by atoms with Gasteiger partial charge in [0.15, 0.2) is 12.2 Å². The molecule has 0 saturated carbocycles. The molecule has 88 heavy (non-hydrogen) atoms. The average Bonchev–Trinajstić information content (AvgIpc) is 3.65. The monoisotopic (exact) mass is 1290 g/mol. The number of esters is 4. The number of allylic oxidation sites excluding steroid dienone is 4. The van der Waals surface area contributed by atoms with Crippen LogP contribution >= 0.6 is 15.6 Å². The number of unbranched alkanes of at least 4 members (excludes halogenated alkanes) is 28. The van der Waals surface area contributed by atoms with Crippen molar-refractivity contribution < 1.29 is 80.2 Å². The standard InChI is InChI=1S/C69H130O17P2/c1-8-11-12-13-14-15-16-17-18-19-20-25-28-38-45-52-68(73)85-64(56-79-66(71)50-43-36-27-24-22-21-23-26-34-41-48-61(6)9-2)58-83-87(75,76)81-54-63(70)55-82-88(77,78)84-59-65(57-80-67(72)51-44-37-31-29-33-40-47-60(4)5)86-69(74)53-46-39-32-30-35-42-49-62(7)10-3/h15-18,60-65,70H,8-14,19-59H2,1-7H3,(H,75,76)(H,77,78)/b16-15-,18-17-/t61?,62?,63-,64-,65-/m1/s1. The first-order chi connectivity index (χ1) is 42.3. The lowest BCUT2D eigenvalue weighted by Crippen LogP contribution is -2.30. The number of aliphatic hydroxyl groups is 1. The second kappa shape index (κ2) is 59.5. The Labute approximate surface area is 535 Å². The first-order valence-corrected chi connectivity index (χ1v) is 38.2. The van der Waals surface area contributed by atoms with Gasteiger partial charge in [-0.3, -0.25) is 37.3 Å². The Morgan fingerprint density at radius 2 is 0.670 bits per heavy atom. The number of carbonyl (C=O) groups is 4. The maximum absolute atomic E-state index is 13.0. The SMILES string of the molecule is CCCCCC/C=C\C=C/CCCCCCCC(=O)O[C@H](COC(=O)CCCCCCCCCCCCC(C)CC)COP(=O)(O)OC[C@@H](O)COP(=O)(O)OC[C@@H](COC(=O)CCCCCCCCC(C)C)OC(=O)CCCCCCCCC(C)CC. The molecule has 0 aliphatic heterocycles. The molecule has 0 saturated heterocycles. The van der Waals surface area contributed by atoms with Crippen LogP contribution in [-0.2, 0) is 65.4 Å². The minimum atomic E-state index is -4.96. The van der Waals surface area contributed by atoms with E-state index in [9.17, 15) is 43.2 Å². The summed E-state index contributed by atoms with van der Waals surface area (Å²) in [4.78, 5) is 72.4. The van der Waals surface area contributed by atoms with Crippen LogP contribution in [0.15, 0.2) is 24.3 Å². The highest BCUT2D eigenvalue weighted by atomic mass is 31.2. The summed E-state index contributed by atoms with van der Waals surface area (Å²) in [6, 6.07) is 0. The van der Waals surface area contributed by atoms with Gasteiger partial charge in [-0.05, 0) is 69.1 Å². The topological polar surface area (TPSA) is 237 Å². The average molecular weight is 1290 g/mol. The second-order valence-corrected chi connectivity index (χ2v) is 28.1. The van der Waals surface area contributed by atoms with Crippen LogP contribution in [0.2, 0.25) is 0 Å². The maximum Gasteiger partial charge on any atom is 0.472 e. The molecule has 7 atom stereocenters. The highest BCUT2D eigenvalue weighted by molar-refractivity contribution is 7.47. The van der Waals surface area contributed by atoms with Gasteiger partial charge in [0.25, 0.3) is 0 Å². The third kappa shape index (κ3) is 59.8. The van der Waals surface area contributed by atoms with Crippen molar-refractivity contribution in [3.63, 3.8) is 0 Å². The van der Waals surface area contributed by atoms with Gasteiger partial charge in [-0.1, -0.05) is 265 Å². The summed E-state index contributed by atoms with van der Waals surface area (Å²) in [5.41, 5.74) is 0. The molecule has 0 amide bonds. The molecule has 518 valence electrons. The maximum atomic E-state index is 13.0. The summed E-state index contributed by atoms with van der Waals surface area (Å²) in [6.45, 7) is 11.7. The zero-order valence-electron chi connectivity index (χ0n) is 56.7. The third-order valence-electron chi connectivity index (χ3n) is 16.0. The van der Waals surface area contributed by atoms with Crippen molar-refractivity contribution in [2.24, 2.45) is 17.8 Å². The number of hydrogen-bond donors (Lipinski definition) is 3. The van der Waals surface area contributed by atoms with E-state index in [1.165, 1.54) is 109 Å². The number of phosphoric acid groups is 2. The summed E-state index contributed by atoms with van der Waals surface area (Å²) < 4.78 is 68.1. The quantitative estimate of drug-likeness (QED) is 0.0169. The predicted molar refractivity (Wildman–Crippen MR) is 354 cm³/mol. The van der Waals surface area contributed by atoms with Crippen molar-refractivity contribution in [2.45, 2.75) is 336 Å². The van der Waals surface area contributed by atoms with Crippen LogP contribution in [0.25, 0.3) is 0 Å². The fourth-order valence-electron chi connectivity index (χ4n) is 9.76. The van der Waals surface area contributed by atoms with Crippen LogP contribution in [0.3, 0.4) is 0 Å². The third-order valence-corrected chi connectivity index (χ3v) is 17.9. The van der Waals surface area contributed by atoms with E-state index in [1.54, 1.807) is 0 Å². The molecule has 0 aliphatic carbocycles. The van der Waals surface area contributed by atoms with Crippen LogP contribution in [0, 0.1) is 17.8 Å². The Morgan fingerprint density at radius 1 is 0.375 bits per heavy atom. The first-order valence-electron chi connectivity index (χ1n) is 35.2. The van der Waals surface area contributed by atoms with Crippen molar-refractivity contribution in [1.82, 2.24) is 0 Å². The largest absolute Gasteiger partial charge is 0.472 e. The summed E-state index contributed by atoms with van der Waals surface area (Å²) in [7, 11) is -9.91. The van der Waals surface area contributed by atoms with Gasteiger partial charge in [-0.25, -0.2) is 9.13 Å². The molecule has 17 nitrogen and oxygen atoms in total. The number of aliphatic hydroxyl groups excluding tert-OH is 1. The lowest BCUT2D eigenvalue weighted by atomic mass is 9.99. The summed E-state index contributed by atoms with van der Waals surface area (Å²) >= 11 is 0. The highest BCUT2D eigenvalue weighted by Gasteiger charge is 2.30. The zero-order valence-corrected chi connectivity index (χ0v) is 58.5. The number of phosphoric ester groups is 2. The molecule has 4 unspecified atom stereocenters. The van der Waals surface area contributed by atoms with Crippen LogP contribution in [0.5, 0.6) is 0 Å². The number of ether oxygens (including phenoxy) is 4. The van der Waals surface area contributed by atoms with E-state index in [0.717, 1.165) is 121 Å². The van der Waals surface area contributed by atoms with Crippen LogP contribution in [0.1, 0.15) is 318 Å². The van der Waals surface area contributed by atoms with Crippen molar-refractivity contribution >= 4 is 39.5 Å². The molecule has 0 fully saturated rings. The van der Waals surface area contributed by atoms with E-state index in [4.69, 9.17) is 37.0 Å². The van der Waals surface area contributed by atoms with Gasteiger partial charge < -0.3 is 33.8 Å². The molecule has 0 bridgehead atoms. The van der Waals surface area contributed by atoms with E-state index >= 15 is 0 Å². The minimum Gasteiger partial charge on any atom is -0.462 e. The highest BCUT2D eigenvalue weighted by Crippen LogP contribution is 2.45. The van der Waals surface area contributed by atoms with Gasteiger partial charge >= 0.3 is 39.5 Å².